The fraction of sp³-hybridized carbons (Fsp3) is 0.0769. The molecule has 0 bridgehead atoms. The lowest BCUT2D eigenvalue weighted by atomic mass is 10.4. The summed E-state index contributed by atoms with van der Waals surface area (Å²) in [6, 6.07) is 8.08. The zero-order valence-corrected chi connectivity index (χ0v) is 11.7. The Morgan fingerprint density at radius 3 is 2.38 bits per heavy atom. The molecular weight excluding hydrogens is 252 g/mol. The first-order valence-corrected chi connectivity index (χ1v) is 6.52. The van der Waals surface area contributed by atoms with Crippen LogP contribution in [0.25, 0.3) is 0 Å². The van der Waals surface area contributed by atoms with Crippen molar-refractivity contribution in [2.45, 2.75) is 16.7 Å². The zero-order chi connectivity index (χ0) is 12.0. The van der Waals surface area contributed by atoms with E-state index in [1.54, 1.807) is 11.8 Å². The Hall–Kier alpha value is -0.510. The molecule has 1 aromatic carbocycles. The van der Waals surface area contributed by atoms with Gasteiger partial charge in [-0.3, -0.25) is 0 Å². The van der Waals surface area contributed by atoms with Crippen LogP contribution in [0.2, 0.25) is 0 Å². The first kappa shape index (κ1) is 13.6. The fourth-order valence-corrected chi connectivity index (χ4v) is 2.04. The monoisotopic (exact) mass is 266 g/mol. The van der Waals surface area contributed by atoms with Gasteiger partial charge < -0.3 is 0 Å². The lowest BCUT2D eigenvalue weighted by molar-refractivity contribution is 1.36. The van der Waals surface area contributed by atoms with Crippen LogP contribution in [0.4, 0.5) is 0 Å². The summed E-state index contributed by atoms with van der Waals surface area (Å²) in [7, 11) is 0. The van der Waals surface area contributed by atoms with Gasteiger partial charge in [0.15, 0.2) is 0 Å². The molecule has 0 fully saturated rings. The molecule has 0 N–H and O–H groups in total. The van der Waals surface area contributed by atoms with Gasteiger partial charge in [0.05, 0.1) is 0 Å². The van der Waals surface area contributed by atoms with Crippen molar-refractivity contribution < 1.29 is 0 Å². The molecule has 0 amide bonds. The molecule has 0 aromatic heterocycles. The smallest absolute Gasteiger partial charge is 0.0123 e. The van der Waals surface area contributed by atoms with Gasteiger partial charge in [0.25, 0.3) is 0 Å². The third-order valence-corrected chi connectivity index (χ3v) is 3.36. The van der Waals surface area contributed by atoms with E-state index in [9.17, 15) is 0 Å². The van der Waals surface area contributed by atoms with Crippen LogP contribution in [-0.2, 0) is 0 Å². The Bertz CT molecular complexity index is 413. The molecule has 0 unspecified atom stereocenters. The number of hydrogen-bond acceptors (Lipinski definition) is 3. The third kappa shape index (κ3) is 5.01. The Kier molecular flexibility index (Phi) is 5.88. The Labute approximate surface area is 112 Å². The van der Waals surface area contributed by atoms with Gasteiger partial charge in [-0.25, -0.2) is 0 Å². The van der Waals surface area contributed by atoms with Crippen LogP contribution in [0.1, 0.15) is 6.92 Å². The van der Waals surface area contributed by atoms with Crippen molar-refractivity contribution >= 4 is 37.0 Å². The lowest BCUT2D eigenvalue weighted by Gasteiger charge is -2.02. The van der Waals surface area contributed by atoms with Crippen LogP contribution in [-0.4, -0.2) is 0 Å². The van der Waals surface area contributed by atoms with Crippen LogP contribution < -0.4 is 0 Å². The van der Waals surface area contributed by atoms with E-state index in [0.717, 1.165) is 9.80 Å². The van der Waals surface area contributed by atoms with E-state index in [1.807, 2.05) is 31.2 Å². The minimum Gasteiger partial charge on any atom is -0.144 e. The molecule has 0 saturated heterocycles. The zero-order valence-electron chi connectivity index (χ0n) is 9.05. The Balaban J connectivity index is 2.71. The average molecular weight is 266 g/mol. The molecule has 3 heteroatoms. The van der Waals surface area contributed by atoms with Gasteiger partial charge in [0, 0.05) is 14.7 Å². The predicted molar refractivity (Wildman–Crippen MR) is 80.6 cm³/mol. The fourth-order valence-electron chi connectivity index (χ4n) is 1.02. The van der Waals surface area contributed by atoms with E-state index in [0.29, 0.717) is 0 Å². The third-order valence-electron chi connectivity index (χ3n) is 1.80. The quantitative estimate of drug-likeness (QED) is 0.441. The minimum atomic E-state index is 0.755. The Morgan fingerprint density at radius 2 is 1.88 bits per heavy atom. The number of allylic oxidation sites excluding steroid dienone is 3. The van der Waals surface area contributed by atoms with Crippen molar-refractivity contribution in [2.24, 2.45) is 0 Å². The van der Waals surface area contributed by atoms with Gasteiger partial charge in [-0.15, -0.1) is 25.3 Å². The molecule has 0 aliphatic heterocycles. The molecule has 0 aliphatic rings. The van der Waals surface area contributed by atoms with E-state index < -0.39 is 0 Å². The van der Waals surface area contributed by atoms with Crippen molar-refractivity contribution in [3.05, 3.63) is 58.9 Å². The van der Waals surface area contributed by atoms with Crippen molar-refractivity contribution in [2.75, 3.05) is 0 Å². The first-order valence-electron chi connectivity index (χ1n) is 4.81. The average Bonchev–Trinajstić information content (AvgIpc) is 2.26. The molecule has 0 saturated carbocycles. The SMILES string of the molecule is C=C(S)/C=C\C(=C/C)Sc1ccc(S)cc1. The van der Waals surface area contributed by atoms with E-state index in [4.69, 9.17) is 0 Å². The standard InChI is InChI=1S/C13H14S3/c1-3-12(7-4-10(2)14)16-13-8-5-11(15)6-9-13/h3-9,14-15H,2H2,1H3/b7-4-,12-3+. The summed E-state index contributed by atoms with van der Waals surface area (Å²) < 4.78 is 0. The maximum Gasteiger partial charge on any atom is 0.0123 e. The van der Waals surface area contributed by atoms with Crippen LogP contribution in [0, 0.1) is 0 Å². The maximum absolute atomic E-state index is 4.25. The largest absolute Gasteiger partial charge is 0.144 e. The molecule has 1 rings (SSSR count). The van der Waals surface area contributed by atoms with E-state index in [2.05, 4.69) is 50.0 Å². The summed E-state index contributed by atoms with van der Waals surface area (Å²) in [5.41, 5.74) is 0. The number of thioether (sulfide) groups is 1. The first-order chi connectivity index (χ1) is 7.61. The molecule has 0 spiro atoms. The predicted octanol–water partition coefficient (Wildman–Crippen LogP) is 4.97. The second kappa shape index (κ2) is 6.94. The van der Waals surface area contributed by atoms with E-state index in [-0.39, 0.29) is 0 Å². The highest BCUT2D eigenvalue weighted by atomic mass is 32.2. The highest BCUT2D eigenvalue weighted by molar-refractivity contribution is 8.03. The van der Waals surface area contributed by atoms with Crippen LogP contribution in [0.5, 0.6) is 0 Å². The van der Waals surface area contributed by atoms with Gasteiger partial charge in [-0.05, 0) is 48.2 Å². The molecule has 16 heavy (non-hydrogen) atoms. The second-order valence-electron chi connectivity index (χ2n) is 3.11. The van der Waals surface area contributed by atoms with Crippen molar-refractivity contribution in [1.82, 2.24) is 0 Å². The number of benzene rings is 1. The summed E-state index contributed by atoms with van der Waals surface area (Å²) >= 11 is 10.1. The molecule has 0 nitrogen and oxygen atoms in total. The topological polar surface area (TPSA) is 0 Å². The van der Waals surface area contributed by atoms with E-state index >= 15 is 0 Å². The van der Waals surface area contributed by atoms with Crippen molar-refractivity contribution in [3.63, 3.8) is 0 Å². The van der Waals surface area contributed by atoms with Gasteiger partial charge in [0.1, 0.15) is 0 Å². The van der Waals surface area contributed by atoms with Crippen molar-refractivity contribution in [1.29, 1.82) is 0 Å². The molecular formula is C13H14S3. The van der Waals surface area contributed by atoms with Gasteiger partial charge >= 0.3 is 0 Å². The maximum atomic E-state index is 4.25. The van der Waals surface area contributed by atoms with Crippen LogP contribution in [0.15, 0.2) is 68.7 Å². The van der Waals surface area contributed by atoms with Gasteiger partial charge in [-0.2, -0.15) is 0 Å². The van der Waals surface area contributed by atoms with Gasteiger partial charge in [-0.1, -0.05) is 24.4 Å². The molecule has 1 aromatic rings. The summed E-state index contributed by atoms with van der Waals surface area (Å²) in [6.45, 7) is 5.73. The number of rotatable bonds is 4. The highest BCUT2D eigenvalue weighted by Gasteiger charge is 1.96. The Morgan fingerprint density at radius 1 is 1.25 bits per heavy atom. The lowest BCUT2D eigenvalue weighted by Crippen LogP contribution is -1.74. The second-order valence-corrected chi connectivity index (χ2v) is 5.35. The summed E-state index contributed by atoms with van der Waals surface area (Å²) in [6.07, 6.45) is 5.96. The highest BCUT2D eigenvalue weighted by Crippen LogP contribution is 2.28. The minimum absolute atomic E-state index is 0.755. The molecule has 0 heterocycles. The normalized spacial score (nSPS) is 12.1. The van der Waals surface area contributed by atoms with Crippen molar-refractivity contribution in [3.8, 4) is 0 Å². The number of thiol groups is 2. The summed E-state index contributed by atoms with van der Waals surface area (Å²) in [4.78, 5) is 4.10. The molecule has 84 valence electrons. The summed E-state index contributed by atoms with van der Waals surface area (Å²) in [5, 5.41) is 0. The molecule has 0 radical (unpaired) electrons. The van der Waals surface area contributed by atoms with E-state index in [1.165, 1.54) is 9.80 Å². The summed E-state index contributed by atoms with van der Waals surface area (Å²) in [5.74, 6) is 0. The molecule has 0 atom stereocenters. The van der Waals surface area contributed by atoms with Gasteiger partial charge in [0.2, 0.25) is 0 Å². The molecule has 0 aliphatic carbocycles. The number of hydrogen-bond donors (Lipinski definition) is 2. The van der Waals surface area contributed by atoms with Crippen LogP contribution >= 0.6 is 37.0 Å². The van der Waals surface area contributed by atoms with Crippen LogP contribution in [0.3, 0.4) is 0 Å².